The number of nitrogens with zero attached hydrogens (tertiary/aromatic N) is 1. The Bertz CT molecular complexity index is 560. The van der Waals surface area contributed by atoms with Crippen LogP contribution in [0.4, 0.5) is 5.69 Å². The van der Waals surface area contributed by atoms with Gasteiger partial charge in [-0.05, 0) is 6.07 Å². The van der Waals surface area contributed by atoms with Crippen molar-refractivity contribution in [2.75, 3.05) is 6.54 Å². The number of nitro benzene ring substituents is 1. The molecule has 90 valence electrons. The minimum Gasteiger partial charge on any atom is -0.258 e. The van der Waals surface area contributed by atoms with Gasteiger partial charge in [-0.25, -0.2) is 13.1 Å². The maximum atomic E-state index is 11.7. The van der Waals surface area contributed by atoms with E-state index in [1.165, 1.54) is 18.2 Å². The first-order valence-electron chi connectivity index (χ1n) is 4.65. The second-order valence-electron chi connectivity index (χ2n) is 3.11. The highest BCUT2D eigenvalue weighted by atomic mass is 32.2. The summed E-state index contributed by atoms with van der Waals surface area (Å²) >= 11 is 0. The van der Waals surface area contributed by atoms with E-state index in [2.05, 4.69) is 10.6 Å². The quantitative estimate of drug-likeness (QED) is 0.366. The first kappa shape index (κ1) is 13.2. The smallest absolute Gasteiger partial charge is 0.258 e. The summed E-state index contributed by atoms with van der Waals surface area (Å²) < 4.78 is 25.6. The molecule has 0 saturated carbocycles. The van der Waals surface area contributed by atoms with E-state index in [1.54, 1.807) is 0 Å². The topological polar surface area (TPSA) is 89.3 Å². The molecule has 1 aromatic rings. The van der Waals surface area contributed by atoms with Gasteiger partial charge < -0.3 is 0 Å². The van der Waals surface area contributed by atoms with Crippen LogP contribution in [-0.2, 0) is 10.0 Å². The SMILES string of the molecule is C#CCCNS(=O)(=O)c1cccc([N+](=O)[O-])c1. The Morgan fingerprint density at radius 1 is 1.47 bits per heavy atom. The maximum absolute atomic E-state index is 11.7. The van der Waals surface area contributed by atoms with Crippen molar-refractivity contribution in [1.29, 1.82) is 0 Å². The van der Waals surface area contributed by atoms with Crippen LogP contribution in [0.2, 0.25) is 0 Å². The molecule has 0 saturated heterocycles. The Morgan fingerprint density at radius 2 is 2.18 bits per heavy atom. The van der Waals surface area contributed by atoms with Gasteiger partial charge in [-0.2, -0.15) is 0 Å². The Labute approximate surface area is 98.9 Å². The van der Waals surface area contributed by atoms with E-state index in [9.17, 15) is 18.5 Å². The molecule has 1 aromatic carbocycles. The number of rotatable bonds is 5. The molecule has 17 heavy (non-hydrogen) atoms. The predicted molar refractivity (Wildman–Crippen MR) is 61.7 cm³/mol. The van der Waals surface area contributed by atoms with Gasteiger partial charge in [0.2, 0.25) is 10.0 Å². The van der Waals surface area contributed by atoms with Crippen molar-refractivity contribution in [1.82, 2.24) is 4.72 Å². The molecule has 0 aliphatic carbocycles. The van der Waals surface area contributed by atoms with E-state index in [1.807, 2.05) is 0 Å². The lowest BCUT2D eigenvalue weighted by Crippen LogP contribution is -2.24. The van der Waals surface area contributed by atoms with Crippen LogP contribution in [0.1, 0.15) is 6.42 Å². The van der Waals surface area contributed by atoms with Crippen LogP contribution in [0.15, 0.2) is 29.2 Å². The summed E-state index contributed by atoms with van der Waals surface area (Å²) in [6.07, 6.45) is 5.24. The zero-order valence-corrected chi connectivity index (χ0v) is 9.61. The second-order valence-corrected chi connectivity index (χ2v) is 4.87. The summed E-state index contributed by atoms with van der Waals surface area (Å²) in [5.41, 5.74) is -0.273. The molecule has 0 bridgehead atoms. The van der Waals surface area contributed by atoms with Gasteiger partial charge in [-0.1, -0.05) is 6.07 Å². The summed E-state index contributed by atoms with van der Waals surface area (Å²) in [6.45, 7) is 0.0987. The third-order valence-corrected chi connectivity index (χ3v) is 3.36. The van der Waals surface area contributed by atoms with Gasteiger partial charge in [-0.3, -0.25) is 10.1 Å². The number of nitro groups is 1. The van der Waals surface area contributed by atoms with Crippen molar-refractivity contribution in [3.63, 3.8) is 0 Å². The monoisotopic (exact) mass is 254 g/mol. The largest absolute Gasteiger partial charge is 0.270 e. The molecular formula is C10H10N2O4S. The third kappa shape index (κ3) is 3.55. The van der Waals surface area contributed by atoms with Gasteiger partial charge in [0.05, 0.1) is 9.82 Å². The number of benzene rings is 1. The van der Waals surface area contributed by atoms with Gasteiger partial charge in [0.25, 0.3) is 5.69 Å². The summed E-state index contributed by atoms with van der Waals surface area (Å²) in [7, 11) is -3.74. The van der Waals surface area contributed by atoms with Gasteiger partial charge in [0.1, 0.15) is 0 Å². The molecule has 0 aromatic heterocycles. The van der Waals surface area contributed by atoms with Crippen LogP contribution in [-0.4, -0.2) is 19.9 Å². The van der Waals surface area contributed by atoms with Crippen molar-refractivity contribution in [2.24, 2.45) is 0 Å². The second kappa shape index (κ2) is 5.43. The average molecular weight is 254 g/mol. The highest BCUT2D eigenvalue weighted by Crippen LogP contribution is 2.16. The fourth-order valence-corrected chi connectivity index (χ4v) is 2.18. The lowest BCUT2D eigenvalue weighted by atomic mass is 10.3. The van der Waals surface area contributed by atoms with E-state index in [0.29, 0.717) is 0 Å². The Kier molecular flexibility index (Phi) is 4.20. The fourth-order valence-electron chi connectivity index (χ4n) is 1.11. The van der Waals surface area contributed by atoms with Crippen molar-refractivity contribution >= 4 is 15.7 Å². The number of sulfonamides is 1. The van der Waals surface area contributed by atoms with Crippen molar-refractivity contribution < 1.29 is 13.3 Å². The Balaban J connectivity index is 2.96. The Hall–Kier alpha value is -1.91. The molecule has 0 heterocycles. The molecule has 6 nitrogen and oxygen atoms in total. The fraction of sp³-hybridized carbons (Fsp3) is 0.200. The summed E-state index contributed by atoms with van der Waals surface area (Å²) in [4.78, 5) is 9.70. The summed E-state index contributed by atoms with van der Waals surface area (Å²) in [5.74, 6) is 2.29. The van der Waals surface area contributed by atoms with Crippen molar-refractivity contribution in [2.45, 2.75) is 11.3 Å². The molecule has 0 atom stereocenters. The van der Waals surface area contributed by atoms with Crippen LogP contribution >= 0.6 is 0 Å². The van der Waals surface area contributed by atoms with Crippen LogP contribution in [0.5, 0.6) is 0 Å². The third-order valence-electron chi connectivity index (χ3n) is 1.90. The molecule has 0 amide bonds. The number of hydrogen-bond donors (Lipinski definition) is 1. The van der Waals surface area contributed by atoms with Crippen LogP contribution in [0.3, 0.4) is 0 Å². The molecule has 1 rings (SSSR count). The highest BCUT2D eigenvalue weighted by Gasteiger charge is 2.16. The molecule has 0 fully saturated rings. The van der Waals surface area contributed by atoms with Crippen molar-refractivity contribution in [3.05, 3.63) is 34.4 Å². The van der Waals surface area contributed by atoms with E-state index in [-0.39, 0.29) is 23.5 Å². The number of hydrogen-bond acceptors (Lipinski definition) is 4. The van der Waals surface area contributed by atoms with Crippen LogP contribution < -0.4 is 4.72 Å². The lowest BCUT2D eigenvalue weighted by Gasteiger charge is -2.04. The van der Waals surface area contributed by atoms with Crippen LogP contribution in [0.25, 0.3) is 0 Å². The molecule has 0 unspecified atom stereocenters. The van der Waals surface area contributed by atoms with Gasteiger partial charge in [0.15, 0.2) is 0 Å². The molecule has 7 heteroatoms. The molecular weight excluding hydrogens is 244 g/mol. The zero-order chi connectivity index (χ0) is 12.9. The van der Waals surface area contributed by atoms with Crippen molar-refractivity contribution in [3.8, 4) is 12.3 Å². The molecule has 0 radical (unpaired) electrons. The predicted octanol–water partition coefficient (Wildman–Crippen LogP) is 0.896. The van der Waals surface area contributed by atoms with E-state index in [4.69, 9.17) is 6.42 Å². The average Bonchev–Trinajstić information content (AvgIpc) is 2.29. The first-order chi connectivity index (χ1) is 7.97. The highest BCUT2D eigenvalue weighted by molar-refractivity contribution is 7.89. The van der Waals surface area contributed by atoms with E-state index < -0.39 is 14.9 Å². The first-order valence-corrected chi connectivity index (χ1v) is 6.13. The standard InChI is InChI=1S/C10H10N2O4S/c1-2-3-7-11-17(15,16)10-6-4-5-9(8-10)12(13)14/h1,4-6,8,11H,3,7H2. The molecule has 1 N–H and O–H groups in total. The summed E-state index contributed by atoms with van der Waals surface area (Å²) in [6, 6.07) is 4.82. The van der Waals surface area contributed by atoms with E-state index >= 15 is 0 Å². The molecule has 0 aliphatic heterocycles. The van der Waals surface area contributed by atoms with Gasteiger partial charge >= 0.3 is 0 Å². The zero-order valence-electron chi connectivity index (χ0n) is 8.79. The minimum absolute atomic E-state index is 0.0987. The number of non-ortho nitro benzene ring substituents is 1. The van der Waals surface area contributed by atoms with Gasteiger partial charge in [0, 0.05) is 25.1 Å². The normalized spacial score (nSPS) is 10.8. The van der Waals surface area contributed by atoms with Crippen LogP contribution in [0, 0.1) is 22.5 Å². The summed E-state index contributed by atoms with van der Waals surface area (Å²) in [5, 5.41) is 10.5. The minimum atomic E-state index is -3.74. The van der Waals surface area contributed by atoms with E-state index in [0.717, 1.165) is 6.07 Å². The number of nitrogens with one attached hydrogen (secondary N) is 1. The molecule has 0 spiro atoms. The molecule has 0 aliphatic rings. The van der Waals surface area contributed by atoms with Gasteiger partial charge in [-0.15, -0.1) is 12.3 Å². The Morgan fingerprint density at radius 3 is 2.76 bits per heavy atom. The lowest BCUT2D eigenvalue weighted by molar-refractivity contribution is -0.385. The number of terminal acetylenes is 1. The maximum Gasteiger partial charge on any atom is 0.270 e.